The minimum absolute atomic E-state index is 0.0836. The summed E-state index contributed by atoms with van der Waals surface area (Å²) in [5.74, 6) is -0.0550. The predicted molar refractivity (Wildman–Crippen MR) is 110 cm³/mol. The summed E-state index contributed by atoms with van der Waals surface area (Å²) >= 11 is 0. The molecule has 0 radical (unpaired) electrons. The Morgan fingerprint density at radius 2 is 1.79 bits per heavy atom. The van der Waals surface area contributed by atoms with Crippen LogP contribution in [0.25, 0.3) is 0 Å². The Balaban J connectivity index is 1.58. The zero-order chi connectivity index (χ0) is 20.6. The lowest BCUT2D eigenvalue weighted by molar-refractivity contribution is -0.115. The standard InChI is InChI=1S/C23H28F2N2O2/c1-27(19-8-3-2-4-9-19)16-18-7-5-6-10-21(18)26-22(28)15-17-11-13-20(14-12-17)29-23(24)25/h5-7,10-14,19,23H,2-4,8-9,15-16H2,1H3,(H,26,28). The molecule has 4 nitrogen and oxygen atoms in total. The third kappa shape index (κ3) is 6.53. The van der Waals surface area contributed by atoms with Crippen LogP contribution in [0.4, 0.5) is 14.5 Å². The highest BCUT2D eigenvalue weighted by Gasteiger charge is 2.19. The minimum Gasteiger partial charge on any atom is -0.435 e. The maximum Gasteiger partial charge on any atom is 0.387 e. The van der Waals surface area contributed by atoms with Crippen molar-refractivity contribution in [2.24, 2.45) is 0 Å². The van der Waals surface area contributed by atoms with Crippen molar-refractivity contribution in [3.63, 3.8) is 0 Å². The van der Waals surface area contributed by atoms with Crippen LogP contribution in [0.5, 0.6) is 5.75 Å². The third-order valence-corrected chi connectivity index (χ3v) is 5.42. The fraction of sp³-hybridized carbons (Fsp3) is 0.435. The number of amides is 1. The van der Waals surface area contributed by atoms with Crippen LogP contribution in [-0.4, -0.2) is 30.5 Å². The lowest BCUT2D eigenvalue weighted by Crippen LogP contribution is -2.33. The Labute approximate surface area is 170 Å². The second-order valence-corrected chi connectivity index (χ2v) is 7.61. The van der Waals surface area contributed by atoms with Crippen LogP contribution in [0.15, 0.2) is 48.5 Å². The molecule has 0 aliphatic heterocycles. The molecule has 1 aliphatic carbocycles. The van der Waals surface area contributed by atoms with Crippen molar-refractivity contribution in [2.75, 3.05) is 12.4 Å². The summed E-state index contributed by atoms with van der Waals surface area (Å²) in [5.41, 5.74) is 2.65. The van der Waals surface area contributed by atoms with E-state index in [1.807, 2.05) is 24.3 Å². The van der Waals surface area contributed by atoms with Crippen LogP contribution >= 0.6 is 0 Å². The molecule has 1 N–H and O–H groups in total. The number of anilines is 1. The molecule has 2 aromatic carbocycles. The fourth-order valence-electron chi connectivity index (χ4n) is 3.87. The smallest absolute Gasteiger partial charge is 0.387 e. The zero-order valence-electron chi connectivity index (χ0n) is 16.7. The molecule has 0 aromatic heterocycles. The molecule has 6 heteroatoms. The van der Waals surface area contributed by atoms with Crippen molar-refractivity contribution in [3.8, 4) is 5.75 Å². The molecule has 1 amide bonds. The monoisotopic (exact) mass is 402 g/mol. The first-order valence-corrected chi connectivity index (χ1v) is 10.1. The van der Waals surface area contributed by atoms with E-state index in [9.17, 15) is 13.6 Å². The van der Waals surface area contributed by atoms with Gasteiger partial charge >= 0.3 is 6.61 Å². The van der Waals surface area contributed by atoms with Gasteiger partial charge in [0.15, 0.2) is 0 Å². The Morgan fingerprint density at radius 3 is 2.48 bits per heavy atom. The van der Waals surface area contributed by atoms with E-state index < -0.39 is 6.61 Å². The van der Waals surface area contributed by atoms with Crippen molar-refractivity contribution in [3.05, 3.63) is 59.7 Å². The SMILES string of the molecule is CN(Cc1ccccc1NC(=O)Cc1ccc(OC(F)F)cc1)C1CCCCC1. The van der Waals surface area contributed by atoms with E-state index in [4.69, 9.17) is 0 Å². The van der Waals surface area contributed by atoms with E-state index in [1.54, 1.807) is 12.1 Å². The lowest BCUT2D eigenvalue weighted by Gasteiger charge is -2.31. The minimum atomic E-state index is -2.85. The van der Waals surface area contributed by atoms with Gasteiger partial charge in [0.1, 0.15) is 5.75 Å². The first-order chi connectivity index (χ1) is 14.0. The van der Waals surface area contributed by atoms with Crippen molar-refractivity contribution in [1.29, 1.82) is 0 Å². The van der Waals surface area contributed by atoms with Crippen molar-refractivity contribution >= 4 is 11.6 Å². The Kier molecular flexibility index (Phi) is 7.58. The normalized spacial score (nSPS) is 14.9. The molecule has 0 unspecified atom stereocenters. The maximum absolute atomic E-state index is 12.5. The van der Waals surface area contributed by atoms with E-state index in [2.05, 4.69) is 22.0 Å². The Morgan fingerprint density at radius 1 is 1.10 bits per heavy atom. The highest BCUT2D eigenvalue weighted by Crippen LogP contribution is 2.25. The molecule has 3 rings (SSSR count). The zero-order valence-corrected chi connectivity index (χ0v) is 16.7. The number of nitrogens with zero attached hydrogens (tertiary/aromatic N) is 1. The summed E-state index contributed by atoms with van der Waals surface area (Å²) in [6.45, 7) is -2.06. The molecule has 0 saturated heterocycles. The van der Waals surface area contributed by atoms with Crippen LogP contribution < -0.4 is 10.1 Å². The number of benzene rings is 2. The largest absolute Gasteiger partial charge is 0.435 e. The quantitative estimate of drug-likeness (QED) is 0.657. The first-order valence-electron chi connectivity index (χ1n) is 10.1. The second-order valence-electron chi connectivity index (χ2n) is 7.61. The van der Waals surface area contributed by atoms with Gasteiger partial charge in [0, 0.05) is 18.3 Å². The average molecular weight is 402 g/mol. The second kappa shape index (κ2) is 10.3. The average Bonchev–Trinajstić information content (AvgIpc) is 2.71. The number of ether oxygens (including phenoxy) is 1. The number of carbonyl (C=O) groups excluding carboxylic acids is 1. The number of halogens is 2. The van der Waals surface area contributed by atoms with Gasteiger partial charge in [-0.05, 0) is 49.2 Å². The molecule has 0 bridgehead atoms. The number of rotatable bonds is 8. The summed E-state index contributed by atoms with van der Waals surface area (Å²) in [5, 5.41) is 3.00. The van der Waals surface area contributed by atoms with E-state index in [-0.39, 0.29) is 18.1 Å². The van der Waals surface area contributed by atoms with E-state index in [0.29, 0.717) is 6.04 Å². The van der Waals surface area contributed by atoms with Gasteiger partial charge < -0.3 is 10.1 Å². The number of nitrogens with one attached hydrogen (secondary N) is 1. The summed E-state index contributed by atoms with van der Waals surface area (Å²) in [6, 6.07) is 14.6. The molecule has 1 saturated carbocycles. The number of para-hydroxylation sites is 1. The van der Waals surface area contributed by atoms with Gasteiger partial charge in [0.2, 0.25) is 5.91 Å². The van der Waals surface area contributed by atoms with Crippen LogP contribution in [0, 0.1) is 0 Å². The van der Waals surface area contributed by atoms with E-state index in [0.717, 1.165) is 23.4 Å². The molecular formula is C23H28F2N2O2. The molecule has 0 heterocycles. The van der Waals surface area contributed by atoms with Crippen LogP contribution in [0.2, 0.25) is 0 Å². The van der Waals surface area contributed by atoms with Gasteiger partial charge in [-0.15, -0.1) is 0 Å². The molecule has 29 heavy (non-hydrogen) atoms. The first kappa shape index (κ1) is 21.2. The van der Waals surface area contributed by atoms with Crippen LogP contribution in [-0.2, 0) is 17.8 Å². The van der Waals surface area contributed by atoms with Gasteiger partial charge in [-0.1, -0.05) is 49.6 Å². The van der Waals surface area contributed by atoms with Crippen molar-refractivity contribution < 1.29 is 18.3 Å². The Bertz CT molecular complexity index is 790. The highest BCUT2D eigenvalue weighted by atomic mass is 19.3. The predicted octanol–water partition coefficient (Wildman–Crippen LogP) is 5.23. The van der Waals surface area contributed by atoms with E-state index in [1.165, 1.54) is 44.2 Å². The molecule has 0 spiro atoms. The number of hydrogen-bond donors (Lipinski definition) is 1. The molecule has 2 aromatic rings. The lowest BCUT2D eigenvalue weighted by atomic mass is 9.94. The number of hydrogen-bond acceptors (Lipinski definition) is 3. The fourth-order valence-corrected chi connectivity index (χ4v) is 3.87. The number of carbonyl (C=O) groups is 1. The van der Waals surface area contributed by atoms with Crippen LogP contribution in [0.3, 0.4) is 0 Å². The summed E-state index contributed by atoms with van der Waals surface area (Å²) in [4.78, 5) is 14.9. The molecule has 156 valence electrons. The highest BCUT2D eigenvalue weighted by molar-refractivity contribution is 5.93. The van der Waals surface area contributed by atoms with Gasteiger partial charge in [-0.3, -0.25) is 9.69 Å². The van der Waals surface area contributed by atoms with Gasteiger partial charge in [-0.2, -0.15) is 8.78 Å². The summed E-state index contributed by atoms with van der Waals surface area (Å²) in [7, 11) is 2.15. The number of alkyl halides is 2. The maximum atomic E-state index is 12.5. The summed E-state index contributed by atoms with van der Waals surface area (Å²) < 4.78 is 28.8. The van der Waals surface area contributed by atoms with Crippen LogP contribution in [0.1, 0.15) is 43.2 Å². The van der Waals surface area contributed by atoms with Gasteiger partial charge in [-0.25, -0.2) is 0 Å². The molecule has 1 fully saturated rings. The van der Waals surface area contributed by atoms with Gasteiger partial charge in [0.05, 0.1) is 6.42 Å². The Hall–Kier alpha value is -2.47. The van der Waals surface area contributed by atoms with Crippen molar-refractivity contribution in [2.45, 2.75) is 57.7 Å². The van der Waals surface area contributed by atoms with Crippen molar-refractivity contribution in [1.82, 2.24) is 4.90 Å². The molecular weight excluding hydrogens is 374 g/mol. The summed E-state index contributed by atoms with van der Waals surface area (Å²) in [6.07, 6.45) is 6.53. The molecule has 0 atom stereocenters. The third-order valence-electron chi connectivity index (χ3n) is 5.42. The topological polar surface area (TPSA) is 41.6 Å². The van der Waals surface area contributed by atoms with E-state index >= 15 is 0 Å². The molecule has 1 aliphatic rings. The van der Waals surface area contributed by atoms with Gasteiger partial charge in [0.25, 0.3) is 0 Å².